The summed E-state index contributed by atoms with van der Waals surface area (Å²) in [5.41, 5.74) is 7.50. The lowest BCUT2D eigenvalue weighted by Crippen LogP contribution is -2.51. The van der Waals surface area contributed by atoms with Crippen LogP contribution in [0.25, 0.3) is 5.57 Å². The van der Waals surface area contributed by atoms with Crippen LogP contribution < -0.4 is 0 Å². The number of benzene rings is 2. The summed E-state index contributed by atoms with van der Waals surface area (Å²) >= 11 is 0. The molecule has 3 heterocycles. The highest BCUT2D eigenvalue weighted by Gasteiger charge is 2.56. The Labute approximate surface area is 205 Å². The largest absolute Gasteiger partial charge is 0.737 e. The summed E-state index contributed by atoms with van der Waals surface area (Å²) < 4.78 is 35.0. The van der Waals surface area contributed by atoms with Gasteiger partial charge in [-0.15, -0.1) is 0 Å². The molecule has 0 bridgehead atoms. The quantitative estimate of drug-likeness (QED) is 0.273. The van der Waals surface area contributed by atoms with Gasteiger partial charge in [-0.1, -0.05) is 60.1 Å². The van der Waals surface area contributed by atoms with Gasteiger partial charge in [0.15, 0.2) is 5.70 Å². The standard InChI is InChI=1S/C30H25BF2N2/c1-20-27(18-16-25-12-8-6-9-13-25)23(4)34-29(20)22(3)30-21(2)28(24(5)35(30)31(34,32)33)19-17-26-14-10-7-11-15-26/h6-15H,1-5H3. The van der Waals surface area contributed by atoms with E-state index < -0.39 is 6.97 Å². The van der Waals surface area contributed by atoms with E-state index in [1.165, 1.54) is 8.96 Å². The number of hydrogen-bond acceptors (Lipinski definition) is 0. The zero-order valence-electron chi connectivity index (χ0n) is 20.5. The number of aromatic nitrogens is 1. The molecule has 2 aliphatic heterocycles. The molecule has 0 saturated heterocycles. The highest BCUT2D eigenvalue weighted by atomic mass is 19.2. The second-order valence-electron chi connectivity index (χ2n) is 9.05. The molecular formula is C30H25BF2N2. The van der Waals surface area contributed by atoms with E-state index in [1.807, 2.05) is 81.4 Å². The van der Waals surface area contributed by atoms with Gasteiger partial charge in [-0.25, -0.2) is 0 Å². The lowest BCUT2D eigenvalue weighted by atomic mass is 9.86. The Morgan fingerprint density at radius 1 is 0.714 bits per heavy atom. The second-order valence-corrected chi connectivity index (χ2v) is 9.05. The molecule has 5 rings (SSSR count). The van der Waals surface area contributed by atoms with Gasteiger partial charge in [0.2, 0.25) is 0 Å². The molecule has 5 heteroatoms. The normalized spacial score (nSPS) is 15.9. The van der Waals surface area contributed by atoms with Crippen molar-refractivity contribution < 1.29 is 13.1 Å². The van der Waals surface area contributed by atoms with Gasteiger partial charge in [0, 0.05) is 46.1 Å². The van der Waals surface area contributed by atoms with Crippen LogP contribution in [0.2, 0.25) is 0 Å². The van der Waals surface area contributed by atoms with Crippen LogP contribution in [0.3, 0.4) is 0 Å². The van der Waals surface area contributed by atoms with Crippen LogP contribution in [0.15, 0.2) is 77.5 Å². The molecule has 0 fully saturated rings. The van der Waals surface area contributed by atoms with Crippen LogP contribution in [0.4, 0.5) is 8.63 Å². The maximum Gasteiger partial charge on any atom is 0.737 e. The molecule has 1 aromatic heterocycles. The van der Waals surface area contributed by atoms with E-state index in [4.69, 9.17) is 0 Å². The summed E-state index contributed by atoms with van der Waals surface area (Å²) in [7, 11) is 0. The van der Waals surface area contributed by atoms with Gasteiger partial charge in [-0.2, -0.15) is 0 Å². The molecule has 2 aliphatic rings. The van der Waals surface area contributed by atoms with E-state index >= 15 is 8.63 Å². The highest BCUT2D eigenvalue weighted by Crippen LogP contribution is 2.43. The van der Waals surface area contributed by atoms with Gasteiger partial charge in [0.25, 0.3) is 0 Å². The molecule has 0 radical (unpaired) electrons. The first kappa shape index (κ1) is 22.7. The lowest BCUT2D eigenvalue weighted by Gasteiger charge is -2.32. The van der Waals surface area contributed by atoms with Crippen LogP contribution in [-0.4, -0.2) is 21.6 Å². The molecular weight excluding hydrogens is 437 g/mol. The molecule has 0 unspecified atom stereocenters. The Bertz CT molecular complexity index is 1600. The summed E-state index contributed by atoms with van der Waals surface area (Å²) in [4.78, 5) is 0. The highest BCUT2D eigenvalue weighted by molar-refractivity contribution is 6.58. The predicted molar refractivity (Wildman–Crippen MR) is 139 cm³/mol. The van der Waals surface area contributed by atoms with E-state index in [0.717, 1.165) is 27.8 Å². The van der Waals surface area contributed by atoms with Gasteiger partial charge < -0.3 is 17.6 Å². The molecule has 0 atom stereocenters. The minimum absolute atomic E-state index is 0.485. The Hall–Kier alpha value is -4.09. The minimum Gasteiger partial charge on any atom is -0.392 e. The van der Waals surface area contributed by atoms with Gasteiger partial charge in [-0.05, 0) is 57.5 Å². The van der Waals surface area contributed by atoms with E-state index in [0.29, 0.717) is 33.9 Å². The first-order valence-corrected chi connectivity index (χ1v) is 11.7. The number of rotatable bonds is 0. The molecule has 2 aromatic carbocycles. The number of halogens is 2. The third kappa shape index (κ3) is 3.47. The summed E-state index contributed by atoms with van der Waals surface area (Å²) in [5.74, 6) is 12.6. The zero-order valence-corrected chi connectivity index (χ0v) is 20.5. The maximum absolute atomic E-state index is 16.3. The molecule has 3 aromatic rings. The van der Waals surface area contributed by atoms with E-state index in [-0.39, 0.29) is 0 Å². The molecule has 0 N–H and O–H groups in total. The molecule has 172 valence electrons. The molecule has 0 saturated carbocycles. The third-order valence-electron chi connectivity index (χ3n) is 6.93. The molecule has 0 spiro atoms. The predicted octanol–water partition coefficient (Wildman–Crippen LogP) is 6.33. The van der Waals surface area contributed by atoms with Crippen molar-refractivity contribution in [2.24, 2.45) is 0 Å². The fraction of sp³-hybridized carbons (Fsp3) is 0.167. The number of fused-ring (bicyclic) bond motifs is 2. The molecule has 0 aliphatic carbocycles. The van der Waals surface area contributed by atoms with Crippen LogP contribution in [0.5, 0.6) is 0 Å². The first-order valence-electron chi connectivity index (χ1n) is 11.7. The Kier molecular flexibility index (Phi) is 5.38. The fourth-order valence-corrected chi connectivity index (χ4v) is 5.33. The summed E-state index contributed by atoms with van der Waals surface area (Å²) in [6.07, 6.45) is 0. The Balaban J connectivity index is 1.70. The fourth-order valence-electron chi connectivity index (χ4n) is 5.33. The van der Waals surface area contributed by atoms with Crippen molar-refractivity contribution in [1.29, 1.82) is 0 Å². The number of allylic oxidation sites excluding steroid dienone is 3. The van der Waals surface area contributed by atoms with Gasteiger partial charge >= 0.3 is 6.97 Å². The van der Waals surface area contributed by atoms with E-state index in [9.17, 15) is 0 Å². The Morgan fingerprint density at radius 2 is 1.26 bits per heavy atom. The van der Waals surface area contributed by atoms with Gasteiger partial charge in [0.05, 0.1) is 5.57 Å². The maximum atomic E-state index is 16.3. The topological polar surface area (TPSA) is 7.94 Å². The molecule has 0 amide bonds. The average molecular weight is 462 g/mol. The first-order chi connectivity index (χ1) is 16.7. The van der Waals surface area contributed by atoms with Gasteiger partial charge in [0.1, 0.15) is 5.71 Å². The minimum atomic E-state index is -4.11. The van der Waals surface area contributed by atoms with Crippen molar-refractivity contribution in [1.82, 2.24) is 4.48 Å². The zero-order chi connectivity index (χ0) is 24.9. The van der Waals surface area contributed by atoms with Crippen molar-refractivity contribution in [2.45, 2.75) is 34.6 Å². The van der Waals surface area contributed by atoms with Crippen LogP contribution in [0, 0.1) is 37.5 Å². The van der Waals surface area contributed by atoms with E-state index in [1.54, 1.807) is 13.8 Å². The Morgan fingerprint density at radius 3 is 1.83 bits per heavy atom. The van der Waals surface area contributed by atoms with Crippen molar-refractivity contribution >= 4 is 18.3 Å². The third-order valence-corrected chi connectivity index (χ3v) is 6.93. The van der Waals surface area contributed by atoms with Crippen LogP contribution in [-0.2, 0) is 0 Å². The lowest BCUT2D eigenvalue weighted by molar-refractivity contribution is -0.363. The summed E-state index contributed by atoms with van der Waals surface area (Å²) in [6, 6.07) is 19.2. The van der Waals surface area contributed by atoms with Gasteiger partial charge in [-0.3, -0.25) is 0 Å². The van der Waals surface area contributed by atoms with Crippen molar-refractivity contribution in [3.63, 3.8) is 0 Å². The molecule has 35 heavy (non-hydrogen) atoms. The average Bonchev–Trinajstić information content (AvgIpc) is 3.26. The van der Waals surface area contributed by atoms with E-state index in [2.05, 4.69) is 23.7 Å². The van der Waals surface area contributed by atoms with Crippen LogP contribution in [0.1, 0.15) is 54.4 Å². The molecule has 2 nitrogen and oxygen atoms in total. The second kappa shape index (κ2) is 8.29. The van der Waals surface area contributed by atoms with Crippen molar-refractivity contribution in [2.75, 3.05) is 0 Å². The smallest absolute Gasteiger partial charge is 0.392 e. The van der Waals surface area contributed by atoms with Crippen molar-refractivity contribution in [3.8, 4) is 23.7 Å². The van der Waals surface area contributed by atoms with Crippen LogP contribution >= 0.6 is 0 Å². The SMILES string of the molecule is CC1=C(C#Cc2ccccc2)C(C)=[N+]2C1=C(C)c1c(C)c(C#Cc3ccccc3)c(C)n1[B-]2(F)F. The summed E-state index contributed by atoms with van der Waals surface area (Å²) in [6.45, 7) is 5.06. The summed E-state index contributed by atoms with van der Waals surface area (Å²) in [5, 5.41) is 0. The van der Waals surface area contributed by atoms with Crippen molar-refractivity contribution in [3.05, 3.63) is 111 Å². The number of hydrogen-bond donors (Lipinski definition) is 0. The monoisotopic (exact) mass is 462 g/mol. The number of nitrogens with zero attached hydrogens (tertiary/aromatic N) is 2.